The van der Waals surface area contributed by atoms with Gasteiger partial charge in [0, 0.05) is 13.1 Å². The van der Waals surface area contributed by atoms with Crippen LogP contribution in [0.5, 0.6) is 0 Å². The quantitative estimate of drug-likeness (QED) is 0.495. The molecule has 0 spiro atoms. The van der Waals surface area contributed by atoms with E-state index in [0.717, 1.165) is 5.82 Å². The van der Waals surface area contributed by atoms with Crippen molar-refractivity contribution >= 4 is 21.6 Å². The Morgan fingerprint density at radius 1 is 1.41 bits per heavy atom. The van der Waals surface area contributed by atoms with Gasteiger partial charge in [-0.3, -0.25) is 10.1 Å². The number of nitro groups is 1. The molecule has 17 heavy (non-hydrogen) atoms. The zero-order chi connectivity index (χ0) is 12.4. The minimum Gasteiger partial charge on any atom is -0.313 e. The maximum Gasteiger partial charge on any atom is 0.280 e. The van der Waals surface area contributed by atoms with E-state index in [9.17, 15) is 10.1 Å². The Labute approximate surface area is 106 Å². The van der Waals surface area contributed by atoms with E-state index in [1.165, 1.54) is 6.07 Å². The van der Waals surface area contributed by atoms with Gasteiger partial charge in [-0.25, -0.2) is 0 Å². The molecule has 0 saturated heterocycles. The van der Waals surface area contributed by atoms with Crippen LogP contribution in [-0.2, 0) is 12.4 Å². The van der Waals surface area contributed by atoms with Crippen LogP contribution in [0.4, 0.5) is 5.69 Å². The standard InChI is InChI=1S/C10H9BrN4O2/c1-14-9(6-11)12-13-10(14)7-4-2-3-5-8(7)15(16)17/h2-5H,6H2,1H3. The van der Waals surface area contributed by atoms with Crippen LogP contribution in [-0.4, -0.2) is 19.7 Å². The molecule has 0 fully saturated rings. The molecular weight excluding hydrogens is 288 g/mol. The lowest BCUT2D eigenvalue weighted by Gasteiger charge is -2.02. The predicted octanol–water partition coefficient (Wildman–Crippen LogP) is 2.29. The van der Waals surface area contributed by atoms with Crippen LogP contribution >= 0.6 is 15.9 Å². The van der Waals surface area contributed by atoms with Gasteiger partial charge >= 0.3 is 0 Å². The van der Waals surface area contributed by atoms with Crippen molar-refractivity contribution in [3.05, 3.63) is 40.2 Å². The molecule has 0 aliphatic heterocycles. The highest BCUT2D eigenvalue weighted by atomic mass is 79.9. The van der Waals surface area contributed by atoms with Crippen LogP contribution in [0.3, 0.4) is 0 Å². The Balaban J connectivity index is 2.60. The molecule has 0 N–H and O–H groups in total. The minimum absolute atomic E-state index is 0.0316. The van der Waals surface area contributed by atoms with Gasteiger partial charge in [0.25, 0.3) is 5.69 Å². The number of hydrogen-bond donors (Lipinski definition) is 0. The Hall–Kier alpha value is -1.76. The van der Waals surface area contributed by atoms with Crippen molar-refractivity contribution in [2.75, 3.05) is 0 Å². The molecule has 0 atom stereocenters. The maximum atomic E-state index is 10.9. The summed E-state index contributed by atoms with van der Waals surface area (Å²) < 4.78 is 1.73. The average Bonchev–Trinajstić information content (AvgIpc) is 2.70. The zero-order valence-electron chi connectivity index (χ0n) is 9.00. The molecular formula is C10H9BrN4O2. The van der Waals surface area contributed by atoms with Crippen molar-refractivity contribution in [3.63, 3.8) is 0 Å². The average molecular weight is 297 g/mol. The molecule has 2 aromatic rings. The SMILES string of the molecule is Cn1c(CBr)nnc1-c1ccccc1[N+](=O)[O-]. The maximum absolute atomic E-state index is 10.9. The first-order valence-corrected chi connectivity index (χ1v) is 5.95. The van der Waals surface area contributed by atoms with Crippen molar-refractivity contribution in [3.8, 4) is 11.4 Å². The third kappa shape index (κ3) is 2.05. The summed E-state index contributed by atoms with van der Waals surface area (Å²) in [6.07, 6.45) is 0. The molecule has 0 radical (unpaired) electrons. The van der Waals surface area contributed by atoms with Gasteiger partial charge in [-0.05, 0) is 6.07 Å². The van der Waals surface area contributed by atoms with E-state index in [-0.39, 0.29) is 5.69 Å². The van der Waals surface area contributed by atoms with E-state index in [2.05, 4.69) is 26.1 Å². The summed E-state index contributed by atoms with van der Waals surface area (Å²) in [5.41, 5.74) is 0.504. The van der Waals surface area contributed by atoms with Gasteiger partial charge in [-0.1, -0.05) is 28.1 Å². The van der Waals surface area contributed by atoms with Crippen molar-refractivity contribution in [1.29, 1.82) is 0 Å². The number of benzene rings is 1. The van der Waals surface area contributed by atoms with Gasteiger partial charge in [0.05, 0.1) is 15.8 Å². The first-order chi connectivity index (χ1) is 8.15. The molecule has 0 aliphatic carbocycles. The topological polar surface area (TPSA) is 73.8 Å². The Bertz CT molecular complexity index is 567. The first kappa shape index (κ1) is 11.7. The summed E-state index contributed by atoms with van der Waals surface area (Å²) in [6.45, 7) is 0. The lowest BCUT2D eigenvalue weighted by Crippen LogP contribution is -1.99. The summed E-state index contributed by atoms with van der Waals surface area (Å²) >= 11 is 3.28. The van der Waals surface area contributed by atoms with Crippen LogP contribution in [0.15, 0.2) is 24.3 Å². The molecule has 0 aliphatic rings. The Morgan fingerprint density at radius 2 is 2.12 bits per heavy atom. The molecule has 0 amide bonds. The Kier molecular flexibility index (Phi) is 3.19. The predicted molar refractivity (Wildman–Crippen MR) is 65.7 cm³/mol. The number of hydrogen-bond acceptors (Lipinski definition) is 4. The first-order valence-electron chi connectivity index (χ1n) is 4.83. The second-order valence-corrected chi connectivity index (χ2v) is 3.97. The van der Waals surface area contributed by atoms with Crippen LogP contribution in [0.2, 0.25) is 0 Å². The molecule has 6 nitrogen and oxygen atoms in total. The number of nitrogens with zero attached hydrogens (tertiary/aromatic N) is 4. The van der Waals surface area contributed by atoms with Crippen molar-refractivity contribution in [2.45, 2.75) is 5.33 Å². The van der Waals surface area contributed by atoms with Crippen molar-refractivity contribution < 1.29 is 4.92 Å². The fourth-order valence-electron chi connectivity index (χ4n) is 1.53. The monoisotopic (exact) mass is 296 g/mol. The number of nitro benzene ring substituents is 1. The minimum atomic E-state index is -0.419. The van der Waals surface area contributed by atoms with Crippen LogP contribution in [0, 0.1) is 10.1 Å². The molecule has 1 aromatic carbocycles. The van der Waals surface area contributed by atoms with Crippen LogP contribution in [0.1, 0.15) is 5.82 Å². The third-order valence-corrected chi connectivity index (χ3v) is 2.93. The number of aromatic nitrogens is 3. The second-order valence-electron chi connectivity index (χ2n) is 3.41. The second kappa shape index (κ2) is 4.62. The van der Waals surface area contributed by atoms with E-state index in [0.29, 0.717) is 16.7 Å². The molecule has 0 saturated carbocycles. The smallest absolute Gasteiger partial charge is 0.280 e. The molecule has 2 rings (SSSR count). The molecule has 1 aromatic heterocycles. The molecule has 1 heterocycles. The highest BCUT2D eigenvalue weighted by Crippen LogP contribution is 2.28. The fourth-order valence-corrected chi connectivity index (χ4v) is 2.02. The van der Waals surface area contributed by atoms with E-state index in [1.54, 1.807) is 29.8 Å². The van der Waals surface area contributed by atoms with Crippen LogP contribution in [0.25, 0.3) is 11.4 Å². The number of para-hydroxylation sites is 1. The van der Waals surface area contributed by atoms with Gasteiger partial charge in [0.1, 0.15) is 5.82 Å². The van der Waals surface area contributed by atoms with Crippen LogP contribution < -0.4 is 0 Å². The lowest BCUT2D eigenvalue weighted by molar-refractivity contribution is -0.384. The molecule has 7 heteroatoms. The highest BCUT2D eigenvalue weighted by Gasteiger charge is 2.19. The third-order valence-electron chi connectivity index (χ3n) is 2.43. The van der Waals surface area contributed by atoms with E-state index < -0.39 is 4.92 Å². The largest absolute Gasteiger partial charge is 0.313 e. The van der Waals surface area contributed by atoms with Gasteiger partial charge < -0.3 is 4.57 Å². The zero-order valence-corrected chi connectivity index (χ0v) is 10.6. The van der Waals surface area contributed by atoms with Gasteiger partial charge in [0.15, 0.2) is 5.82 Å². The summed E-state index contributed by atoms with van der Waals surface area (Å²) in [6, 6.07) is 6.49. The molecule has 88 valence electrons. The summed E-state index contributed by atoms with van der Waals surface area (Å²) in [4.78, 5) is 10.5. The summed E-state index contributed by atoms with van der Waals surface area (Å²) in [5, 5.41) is 19.4. The van der Waals surface area contributed by atoms with Gasteiger partial charge in [-0.2, -0.15) is 0 Å². The fraction of sp³-hybridized carbons (Fsp3) is 0.200. The highest BCUT2D eigenvalue weighted by molar-refractivity contribution is 9.08. The normalized spacial score (nSPS) is 10.5. The lowest BCUT2D eigenvalue weighted by atomic mass is 10.1. The van der Waals surface area contributed by atoms with E-state index >= 15 is 0 Å². The van der Waals surface area contributed by atoms with Gasteiger partial charge in [-0.15, -0.1) is 10.2 Å². The van der Waals surface area contributed by atoms with E-state index in [1.807, 2.05) is 0 Å². The molecule has 0 unspecified atom stereocenters. The summed E-state index contributed by atoms with van der Waals surface area (Å²) in [5.74, 6) is 1.21. The van der Waals surface area contributed by atoms with Crippen molar-refractivity contribution in [2.24, 2.45) is 7.05 Å². The Morgan fingerprint density at radius 3 is 2.71 bits per heavy atom. The number of halogens is 1. The molecule has 0 bridgehead atoms. The van der Waals surface area contributed by atoms with Gasteiger partial charge in [0.2, 0.25) is 0 Å². The number of alkyl halides is 1. The number of rotatable bonds is 3. The summed E-state index contributed by atoms with van der Waals surface area (Å²) in [7, 11) is 1.78. The van der Waals surface area contributed by atoms with E-state index in [4.69, 9.17) is 0 Å². The van der Waals surface area contributed by atoms with Crippen molar-refractivity contribution in [1.82, 2.24) is 14.8 Å².